The zero-order valence-corrected chi connectivity index (χ0v) is 17.2. The maximum Gasteiger partial charge on any atom is 0.410 e. The number of hydrogen-bond donors (Lipinski definition) is 1. The van der Waals surface area contributed by atoms with E-state index in [1.807, 2.05) is 0 Å². The molecule has 2 aromatic carbocycles. The van der Waals surface area contributed by atoms with Crippen molar-refractivity contribution in [3.8, 4) is 5.75 Å². The monoisotopic (exact) mass is 403 g/mol. The highest BCUT2D eigenvalue weighted by atomic mass is 19.1. The van der Waals surface area contributed by atoms with Crippen LogP contribution in [0.5, 0.6) is 5.75 Å². The van der Waals surface area contributed by atoms with E-state index in [9.17, 15) is 19.1 Å². The quantitative estimate of drug-likeness (QED) is 0.597. The number of carbonyl (C=O) groups is 2. The fourth-order valence-corrected chi connectivity index (χ4v) is 2.42. The topological polar surface area (TPSA) is 76.1 Å². The number of likely N-dealkylation sites (N-methyl/N-ethyl adjacent to an activating group) is 1. The predicted molar refractivity (Wildman–Crippen MR) is 106 cm³/mol. The number of aliphatic hydroxyl groups is 1. The van der Waals surface area contributed by atoms with Gasteiger partial charge in [-0.3, -0.25) is 0 Å². The summed E-state index contributed by atoms with van der Waals surface area (Å²) in [5, 5.41) is 10.3. The molecule has 0 aliphatic carbocycles. The van der Waals surface area contributed by atoms with Crippen molar-refractivity contribution < 1.29 is 28.6 Å². The molecular weight excluding hydrogens is 377 g/mol. The Hall–Kier alpha value is -2.93. The van der Waals surface area contributed by atoms with Gasteiger partial charge in [-0.05, 0) is 63.1 Å². The average Bonchev–Trinajstić information content (AvgIpc) is 2.63. The van der Waals surface area contributed by atoms with Crippen molar-refractivity contribution in [3.63, 3.8) is 0 Å². The van der Waals surface area contributed by atoms with Gasteiger partial charge in [0.05, 0.1) is 18.2 Å². The smallest absolute Gasteiger partial charge is 0.410 e. The summed E-state index contributed by atoms with van der Waals surface area (Å²) < 4.78 is 24.1. The molecule has 156 valence electrons. The molecule has 0 aromatic heterocycles. The number of carbonyl (C=O) groups excluding carboxylic acids is 2. The van der Waals surface area contributed by atoms with Crippen molar-refractivity contribution in [3.05, 3.63) is 65.0 Å². The third-order valence-corrected chi connectivity index (χ3v) is 4.03. The summed E-state index contributed by atoms with van der Waals surface area (Å²) in [5.41, 5.74) is 0.469. The summed E-state index contributed by atoms with van der Waals surface area (Å²) in [4.78, 5) is 25.4. The van der Waals surface area contributed by atoms with Crippen LogP contribution in [-0.4, -0.2) is 41.3 Å². The number of aliphatic hydroxyl groups excluding tert-OH is 1. The fourth-order valence-electron chi connectivity index (χ4n) is 2.42. The Morgan fingerprint density at radius 2 is 1.76 bits per heavy atom. The molecule has 29 heavy (non-hydrogen) atoms. The van der Waals surface area contributed by atoms with Crippen molar-refractivity contribution in [1.82, 2.24) is 4.90 Å². The Labute approximate surface area is 169 Å². The summed E-state index contributed by atoms with van der Waals surface area (Å²) in [5.74, 6) is -0.902. The molecular formula is C22H26FNO5. The number of aryl methyl sites for hydroxylation is 1. The van der Waals surface area contributed by atoms with Gasteiger partial charge in [0.15, 0.2) is 0 Å². The SMILES string of the molecule is Cc1ccc(C(=O)Oc2ccc(C(O)CN(C)C(=O)OC(C)(C)C)cc2)cc1F. The number of benzene rings is 2. The third-order valence-electron chi connectivity index (χ3n) is 4.03. The zero-order valence-electron chi connectivity index (χ0n) is 17.2. The van der Waals surface area contributed by atoms with Crippen LogP contribution in [-0.2, 0) is 4.74 Å². The second-order valence-corrected chi connectivity index (χ2v) is 7.80. The number of amides is 1. The summed E-state index contributed by atoms with van der Waals surface area (Å²) in [7, 11) is 1.54. The van der Waals surface area contributed by atoms with E-state index in [-0.39, 0.29) is 17.9 Å². The molecule has 0 saturated carbocycles. The molecule has 0 bridgehead atoms. The molecule has 7 heteroatoms. The predicted octanol–water partition coefficient (Wildman–Crippen LogP) is 4.25. The number of hydrogen-bond acceptors (Lipinski definition) is 5. The highest BCUT2D eigenvalue weighted by molar-refractivity contribution is 5.91. The summed E-state index contributed by atoms with van der Waals surface area (Å²) >= 11 is 0. The molecule has 1 atom stereocenters. The lowest BCUT2D eigenvalue weighted by Gasteiger charge is -2.26. The molecule has 1 unspecified atom stereocenters. The molecule has 6 nitrogen and oxygen atoms in total. The zero-order chi connectivity index (χ0) is 21.8. The Morgan fingerprint density at radius 3 is 2.31 bits per heavy atom. The van der Waals surface area contributed by atoms with E-state index >= 15 is 0 Å². The number of esters is 1. The molecule has 0 fully saturated rings. The number of ether oxygens (including phenoxy) is 2. The van der Waals surface area contributed by atoms with Gasteiger partial charge in [0.2, 0.25) is 0 Å². The van der Waals surface area contributed by atoms with Gasteiger partial charge in [-0.2, -0.15) is 0 Å². The van der Waals surface area contributed by atoms with Crippen molar-refractivity contribution >= 4 is 12.1 Å². The minimum absolute atomic E-state index is 0.0384. The van der Waals surface area contributed by atoms with Crippen molar-refractivity contribution in [2.45, 2.75) is 39.4 Å². The van der Waals surface area contributed by atoms with Crippen LogP contribution in [0.15, 0.2) is 42.5 Å². The van der Waals surface area contributed by atoms with Gasteiger partial charge >= 0.3 is 12.1 Å². The van der Waals surface area contributed by atoms with Crippen LogP contribution >= 0.6 is 0 Å². The van der Waals surface area contributed by atoms with Gasteiger partial charge in [0, 0.05) is 7.05 Å². The van der Waals surface area contributed by atoms with E-state index < -0.39 is 29.6 Å². The number of halogens is 1. The van der Waals surface area contributed by atoms with Crippen molar-refractivity contribution in [1.29, 1.82) is 0 Å². The van der Waals surface area contributed by atoms with Gasteiger partial charge in [-0.1, -0.05) is 18.2 Å². The second kappa shape index (κ2) is 9.05. The lowest BCUT2D eigenvalue weighted by atomic mass is 10.1. The Bertz CT molecular complexity index is 874. The number of rotatable bonds is 5. The van der Waals surface area contributed by atoms with E-state index in [1.165, 1.54) is 36.2 Å². The first-order valence-electron chi connectivity index (χ1n) is 9.17. The first-order valence-corrected chi connectivity index (χ1v) is 9.17. The molecule has 2 aromatic rings. The Kier molecular flexibility index (Phi) is 6.97. The van der Waals surface area contributed by atoms with Gasteiger partial charge in [-0.15, -0.1) is 0 Å². The molecule has 0 spiro atoms. The first kappa shape index (κ1) is 22.4. The van der Waals surface area contributed by atoms with Crippen LogP contribution in [0.3, 0.4) is 0 Å². The van der Waals surface area contributed by atoms with Crippen LogP contribution in [0, 0.1) is 12.7 Å². The van der Waals surface area contributed by atoms with Gasteiger partial charge in [0.1, 0.15) is 17.2 Å². The van der Waals surface area contributed by atoms with Crippen molar-refractivity contribution in [2.75, 3.05) is 13.6 Å². The van der Waals surface area contributed by atoms with Crippen molar-refractivity contribution in [2.24, 2.45) is 0 Å². The third kappa shape index (κ3) is 6.57. The molecule has 0 aliphatic heterocycles. The van der Waals surface area contributed by atoms with E-state index in [2.05, 4.69) is 0 Å². The van der Waals surface area contributed by atoms with Crippen LogP contribution < -0.4 is 4.74 Å². The highest BCUT2D eigenvalue weighted by Crippen LogP contribution is 2.21. The number of nitrogens with zero attached hydrogens (tertiary/aromatic N) is 1. The van der Waals surface area contributed by atoms with Gasteiger partial charge in [0.25, 0.3) is 0 Å². The normalized spacial score (nSPS) is 12.2. The summed E-state index contributed by atoms with van der Waals surface area (Å²) in [6.07, 6.45) is -1.48. The molecule has 1 amide bonds. The van der Waals surface area contributed by atoms with Gasteiger partial charge in [-0.25, -0.2) is 14.0 Å². The molecule has 0 saturated heterocycles. The Morgan fingerprint density at radius 1 is 1.14 bits per heavy atom. The Balaban J connectivity index is 1.97. The van der Waals surface area contributed by atoms with Crippen LogP contribution in [0.2, 0.25) is 0 Å². The largest absolute Gasteiger partial charge is 0.444 e. The minimum Gasteiger partial charge on any atom is -0.444 e. The molecule has 1 N–H and O–H groups in total. The lowest BCUT2D eigenvalue weighted by Crippen LogP contribution is -2.36. The summed E-state index contributed by atoms with van der Waals surface area (Å²) in [6.45, 7) is 6.94. The second-order valence-electron chi connectivity index (χ2n) is 7.80. The van der Waals surface area contributed by atoms with E-state index in [0.717, 1.165) is 6.07 Å². The van der Waals surface area contributed by atoms with Gasteiger partial charge < -0.3 is 19.5 Å². The molecule has 2 rings (SSSR count). The fraction of sp³-hybridized carbons (Fsp3) is 0.364. The van der Waals surface area contributed by atoms with E-state index in [1.54, 1.807) is 39.8 Å². The molecule has 0 aliphatic rings. The van der Waals surface area contributed by atoms with E-state index in [4.69, 9.17) is 9.47 Å². The maximum atomic E-state index is 13.6. The summed E-state index contributed by atoms with van der Waals surface area (Å²) in [6, 6.07) is 10.3. The highest BCUT2D eigenvalue weighted by Gasteiger charge is 2.22. The van der Waals surface area contributed by atoms with E-state index in [0.29, 0.717) is 11.1 Å². The molecule has 0 heterocycles. The molecule has 0 radical (unpaired) electrons. The maximum absolute atomic E-state index is 13.6. The lowest BCUT2D eigenvalue weighted by molar-refractivity contribution is 0.0205. The van der Waals surface area contributed by atoms with Crippen LogP contribution in [0.25, 0.3) is 0 Å². The minimum atomic E-state index is -0.941. The van der Waals surface area contributed by atoms with Crippen LogP contribution in [0.4, 0.5) is 9.18 Å². The van der Waals surface area contributed by atoms with Crippen LogP contribution in [0.1, 0.15) is 48.4 Å². The standard InChI is InChI=1S/C22H26FNO5/c1-14-6-7-16(12-18(14)23)20(26)28-17-10-8-15(9-11-17)19(25)13-24(5)21(27)29-22(2,3)4/h6-12,19,25H,13H2,1-5H3. The average molecular weight is 403 g/mol. The first-order chi connectivity index (χ1) is 13.5.